The second kappa shape index (κ2) is 10.3. The quantitative estimate of drug-likeness (QED) is 0.349. The zero-order valence-electron chi connectivity index (χ0n) is 15.3. The van der Waals surface area contributed by atoms with Gasteiger partial charge in [0.15, 0.2) is 6.04 Å². The predicted molar refractivity (Wildman–Crippen MR) is 100 cm³/mol. The number of hydrogen-bond acceptors (Lipinski definition) is 9. The first-order valence-electron chi connectivity index (χ1n) is 8.21. The Hall–Kier alpha value is -2.08. The summed E-state index contributed by atoms with van der Waals surface area (Å²) in [5.41, 5.74) is 0. The number of guanidine groups is 1. The summed E-state index contributed by atoms with van der Waals surface area (Å²) in [6.07, 6.45) is 0.645. The van der Waals surface area contributed by atoms with Gasteiger partial charge in [-0.1, -0.05) is 13.8 Å². The normalized spacial score (nSPS) is 20.6. The third-order valence-electron chi connectivity index (χ3n) is 3.91. The minimum atomic E-state index is -0.805. The lowest BCUT2D eigenvalue weighted by molar-refractivity contribution is -0.153. The number of amides is 1. The first kappa shape index (κ1) is 23.0. The van der Waals surface area contributed by atoms with Crippen LogP contribution in [0.1, 0.15) is 13.8 Å². The van der Waals surface area contributed by atoms with E-state index in [0.29, 0.717) is 0 Å². The molecule has 0 bridgehead atoms. The molecule has 0 spiro atoms. The molecule has 27 heavy (non-hydrogen) atoms. The van der Waals surface area contributed by atoms with Crippen LogP contribution in [0.25, 0.3) is 0 Å². The van der Waals surface area contributed by atoms with Gasteiger partial charge in [0.2, 0.25) is 5.96 Å². The molecule has 2 heterocycles. The van der Waals surface area contributed by atoms with E-state index in [4.69, 9.17) is 14.9 Å². The minimum Gasteiger partial charge on any atom is -0.462 e. The zero-order valence-corrected chi connectivity index (χ0v) is 16.2. The van der Waals surface area contributed by atoms with E-state index >= 15 is 0 Å². The summed E-state index contributed by atoms with van der Waals surface area (Å²) in [5.74, 6) is -0.782. The molecule has 0 aromatic heterocycles. The molecule has 0 aromatic rings. The second-order valence-corrected chi connectivity index (χ2v) is 6.19. The summed E-state index contributed by atoms with van der Waals surface area (Å²) in [4.78, 5) is 33.2. The van der Waals surface area contributed by atoms with Crippen LogP contribution in [-0.4, -0.2) is 85.2 Å². The molecule has 12 heteroatoms. The topological polar surface area (TPSA) is 149 Å². The number of carbonyl (C=O) groups is 2. The predicted octanol–water partition coefficient (Wildman–Crippen LogP) is -1.29. The molecule has 2 rings (SSSR count). The Morgan fingerprint density at radius 2 is 2.22 bits per heavy atom. The molecule has 11 nitrogen and oxygen atoms in total. The molecule has 0 fully saturated rings. The molecule has 0 aliphatic carbocycles. The molecule has 1 amide bonds. The van der Waals surface area contributed by atoms with Crippen molar-refractivity contribution >= 4 is 42.4 Å². The van der Waals surface area contributed by atoms with Crippen LogP contribution in [0.2, 0.25) is 0 Å². The van der Waals surface area contributed by atoms with Crippen molar-refractivity contribution in [3.8, 4) is 0 Å². The van der Waals surface area contributed by atoms with Crippen molar-refractivity contribution in [2.24, 2.45) is 15.9 Å². The van der Waals surface area contributed by atoms with Gasteiger partial charge in [-0.3, -0.25) is 30.2 Å². The number of fused-ring (bicyclic) bond motifs is 1. The summed E-state index contributed by atoms with van der Waals surface area (Å²) in [5, 5.41) is 22.1. The van der Waals surface area contributed by atoms with Gasteiger partial charge in [0, 0.05) is 0 Å². The van der Waals surface area contributed by atoms with Crippen LogP contribution in [0.15, 0.2) is 9.98 Å². The lowest BCUT2D eigenvalue weighted by atomic mass is 10.1. The molecule has 2 aliphatic rings. The monoisotopic (exact) mass is 404 g/mol. The number of aliphatic imine (C=N–C) groups is 2. The van der Waals surface area contributed by atoms with E-state index in [2.05, 4.69) is 20.6 Å². The number of ether oxygens (including phenoxy) is 2. The summed E-state index contributed by atoms with van der Waals surface area (Å²) < 4.78 is 10.7. The number of hydrogen-bond donors (Lipinski definition) is 4. The highest BCUT2D eigenvalue weighted by molar-refractivity contribution is 6.23. The fraction of sp³-hybridized carbons (Fsp3) is 0.667. The third-order valence-corrected chi connectivity index (χ3v) is 3.91. The third kappa shape index (κ3) is 5.70. The lowest BCUT2D eigenvalue weighted by Gasteiger charge is -2.24. The van der Waals surface area contributed by atoms with Crippen LogP contribution >= 0.6 is 12.4 Å². The Kier molecular flexibility index (Phi) is 8.76. The van der Waals surface area contributed by atoms with Crippen molar-refractivity contribution in [2.75, 3.05) is 27.0 Å². The second-order valence-electron chi connectivity index (χ2n) is 6.19. The first-order chi connectivity index (χ1) is 12.4. The van der Waals surface area contributed by atoms with Crippen molar-refractivity contribution in [1.82, 2.24) is 15.5 Å². The SMILES string of the molecule is CN[C@H](C(=O)OCC(CO)OCN1C=NC2C(=O)NC(=N)N=C21)C(C)C.Cl. The van der Waals surface area contributed by atoms with Gasteiger partial charge >= 0.3 is 5.97 Å². The zero-order chi connectivity index (χ0) is 19.3. The fourth-order valence-corrected chi connectivity index (χ4v) is 2.49. The number of nitrogens with one attached hydrogen (secondary N) is 3. The van der Waals surface area contributed by atoms with Crippen molar-refractivity contribution in [2.45, 2.75) is 32.0 Å². The van der Waals surface area contributed by atoms with Gasteiger partial charge < -0.3 is 19.9 Å². The first-order valence-corrected chi connectivity index (χ1v) is 8.21. The summed E-state index contributed by atoms with van der Waals surface area (Å²) >= 11 is 0. The van der Waals surface area contributed by atoms with Gasteiger partial charge in [0.25, 0.3) is 5.91 Å². The van der Waals surface area contributed by atoms with Crippen molar-refractivity contribution in [3.63, 3.8) is 0 Å². The van der Waals surface area contributed by atoms with Crippen LogP contribution < -0.4 is 10.6 Å². The van der Waals surface area contributed by atoms with Crippen LogP contribution in [0, 0.1) is 11.3 Å². The number of esters is 1. The van der Waals surface area contributed by atoms with Gasteiger partial charge in [-0.2, -0.15) is 4.99 Å². The van der Waals surface area contributed by atoms with Crippen LogP contribution in [0.4, 0.5) is 0 Å². The molecule has 0 radical (unpaired) electrons. The molecule has 0 saturated heterocycles. The van der Waals surface area contributed by atoms with Crippen LogP contribution in [0.5, 0.6) is 0 Å². The average molecular weight is 405 g/mol. The van der Waals surface area contributed by atoms with E-state index in [0.717, 1.165) is 0 Å². The molecule has 152 valence electrons. The Bertz CT molecular complexity index is 626. The molecule has 3 atom stereocenters. The maximum atomic E-state index is 12.0. The van der Waals surface area contributed by atoms with Crippen molar-refractivity contribution in [1.29, 1.82) is 5.41 Å². The summed E-state index contributed by atoms with van der Waals surface area (Å²) in [7, 11) is 1.67. The van der Waals surface area contributed by atoms with Crippen molar-refractivity contribution < 1.29 is 24.2 Å². The number of aliphatic hydroxyl groups excluding tert-OH is 1. The lowest BCUT2D eigenvalue weighted by Crippen LogP contribution is -2.49. The van der Waals surface area contributed by atoms with Gasteiger partial charge in [0.1, 0.15) is 31.3 Å². The Morgan fingerprint density at radius 3 is 2.81 bits per heavy atom. The van der Waals surface area contributed by atoms with E-state index in [1.54, 1.807) is 7.05 Å². The van der Waals surface area contributed by atoms with E-state index in [9.17, 15) is 14.7 Å². The number of carbonyl (C=O) groups excluding carboxylic acids is 2. The molecular weight excluding hydrogens is 380 g/mol. The highest BCUT2D eigenvalue weighted by Crippen LogP contribution is 2.12. The smallest absolute Gasteiger partial charge is 0.323 e. The Balaban J connectivity index is 0.00000364. The van der Waals surface area contributed by atoms with E-state index in [1.807, 2.05) is 13.8 Å². The largest absolute Gasteiger partial charge is 0.462 e. The number of likely N-dealkylation sites (N-methyl/N-ethyl adjacent to an activating group) is 1. The average Bonchev–Trinajstić information content (AvgIpc) is 2.98. The number of rotatable bonds is 9. The van der Waals surface area contributed by atoms with Gasteiger partial charge in [-0.15, -0.1) is 12.4 Å². The molecule has 2 aliphatic heterocycles. The van der Waals surface area contributed by atoms with Gasteiger partial charge in [-0.25, -0.2) is 0 Å². The van der Waals surface area contributed by atoms with E-state index in [-0.39, 0.29) is 50.1 Å². The number of amidine groups is 1. The van der Waals surface area contributed by atoms with E-state index < -0.39 is 30.1 Å². The molecule has 0 saturated carbocycles. The number of aliphatic hydroxyl groups is 1. The summed E-state index contributed by atoms with van der Waals surface area (Å²) in [6, 6.07) is -1.25. The summed E-state index contributed by atoms with van der Waals surface area (Å²) in [6.45, 7) is 3.27. The molecule has 0 aromatic carbocycles. The Labute approximate surface area is 163 Å². The number of nitrogens with zero attached hydrogens (tertiary/aromatic N) is 3. The highest BCUT2D eigenvalue weighted by atomic mass is 35.5. The maximum Gasteiger partial charge on any atom is 0.323 e. The van der Waals surface area contributed by atoms with Crippen LogP contribution in [0.3, 0.4) is 0 Å². The van der Waals surface area contributed by atoms with E-state index in [1.165, 1.54) is 11.2 Å². The highest BCUT2D eigenvalue weighted by Gasteiger charge is 2.36. The minimum absolute atomic E-state index is 0. The van der Waals surface area contributed by atoms with Gasteiger partial charge in [-0.05, 0) is 13.0 Å². The standard InChI is InChI=1S/C15H24N6O5.ClH/c1-8(2)10(17-3)14(24)25-5-9(4-22)26-7-21-6-18-11-12(21)19-15(16)20-13(11)23;/h6,8-11,17,22H,4-5,7H2,1-3H3,(H2,16,20,23);1H/t9?,10-,11?;/m0./s1. The van der Waals surface area contributed by atoms with Crippen molar-refractivity contribution in [3.05, 3.63) is 0 Å². The fourth-order valence-electron chi connectivity index (χ4n) is 2.49. The van der Waals surface area contributed by atoms with Crippen LogP contribution in [-0.2, 0) is 19.1 Å². The molecule has 4 N–H and O–H groups in total. The maximum absolute atomic E-state index is 12.0. The molecule has 2 unspecified atom stereocenters. The number of halogens is 1. The molecular formula is C15H25ClN6O5. The Morgan fingerprint density at radius 1 is 1.52 bits per heavy atom. The van der Waals surface area contributed by atoms with Gasteiger partial charge in [0.05, 0.1) is 12.9 Å².